The number of anilines is 1. The third-order valence-electron chi connectivity index (χ3n) is 5.75. The molecule has 0 unspecified atom stereocenters. The normalized spacial score (nSPS) is 11.8. The van der Waals surface area contributed by atoms with Crippen LogP contribution in [0.2, 0.25) is 0 Å². The number of rotatable bonds is 5. The molecule has 1 heterocycles. The van der Waals surface area contributed by atoms with E-state index in [1.165, 1.54) is 11.1 Å². The number of hydrogen-bond acceptors (Lipinski definition) is 2. The van der Waals surface area contributed by atoms with Crippen LogP contribution in [0.3, 0.4) is 0 Å². The Morgan fingerprint density at radius 2 is 1.69 bits per heavy atom. The van der Waals surface area contributed by atoms with Crippen molar-refractivity contribution in [3.8, 4) is 11.8 Å². The minimum atomic E-state index is -0.406. The minimum absolute atomic E-state index is 0.0768. The van der Waals surface area contributed by atoms with E-state index < -0.39 is 5.91 Å². The highest BCUT2D eigenvalue weighted by Gasteiger charge is 2.16. The summed E-state index contributed by atoms with van der Waals surface area (Å²) in [5, 5.41) is 12.4. The molecule has 0 aliphatic carbocycles. The van der Waals surface area contributed by atoms with E-state index in [1.54, 1.807) is 6.08 Å². The van der Waals surface area contributed by atoms with Crippen molar-refractivity contribution >= 4 is 17.7 Å². The summed E-state index contributed by atoms with van der Waals surface area (Å²) < 4.78 is 2.15. The number of aryl methyl sites for hydroxylation is 2. The summed E-state index contributed by atoms with van der Waals surface area (Å²) in [5.74, 6) is -0.406. The highest BCUT2D eigenvalue weighted by molar-refractivity contribution is 6.09. The number of nitrogens with zero attached hydrogens (tertiary/aromatic N) is 2. The lowest BCUT2D eigenvalue weighted by molar-refractivity contribution is -0.112. The van der Waals surface area contributed by atoms with Gasteiger partial charge in [0.1, 0.15) is 11.6 Å². The zero-order chi connectivity index (χ0) is 23.5. The van der Waals surface area contributed by atoms with Gasteiger partial charge in [0, 0.05) is 22.8 Å². The summed E-state index contributed by atoms with van der Waals surface area (Å²) in [4.78, 5) is 12.7. The average Bonchev–Trinajstić information content (AvgIpc) is 3.04. The first-order valence-electron chi connectivity index (χ1n) is 11.0. The Kier molecular flexibility index (Phi) is 6.69. The van der Waals surface area contributed by atoms with Crippen LogP contribution in [-0.4, -0.2) is 10.5 Å². The number of hydrogen-bond donors (Lipinski definition) is 1. The predicted molar refractivity (Wildman–Crippen MR) is 132 cm³/mol. The van der Waals surface area contributed by atoms with Crippen molar-refractivity contribution in [3.63, 3.8) is 0 Å². The Balaban J connectivity index is 1.88. The highest BCUT2D eigenvalue weighted by Crippen LogP contribution is 2.27. The van der Waals surface area contributed by atoms with Crippen LogP contribution in [0.5, 0.6) is 0 Å². The van der Waals surface area contributed by atoms with Gasteiger partial charge in [-0.3, -0.25) is 4.79 Å². The molecule has 0 saturated heterocycles. The molecule has 3 rings (SSSR count). The van der Waals surface area contributed by atoms with Crippen molar-refractivity contribution in [1.29, 1.82) is 5.26 Å². The van der Waals surface area contributed by atoms with Gasteiger partial charge in [-0.2, -0.15) is 5.26 Å². The monoisotopic (exact) mass is 425 g/mol. The zero-order valence-corrected chi connectivity index (χ0v) is 19.8. The minimum Gasteiger partial charge on any atom is -0.321 e. The second-order valence-corrected chi connectivity index (χ2v) is 9.13. The molecule has 0 aliphatic heterocycles. The van der Waals surface area contributed by atoms with Crippen LogP contribution in [-0.2, 0) is 16.6 Å². The molecule has 32 heavy (non-hydrogen) atoms. The van der Waals surface area contributed by atoms with Crippen LogP contribution < -0.4 is 5.32 Å². The van der Waals surface area contributed by atoms with E-state index in [-0.39, 0.29) is 11.0 Å². The lowest BCUT2D eigenvalue weighted by atomic mass is 9.87. The van der Waals surface area contributed by atoms with Gasteiger partial charge < -0.3 is 9.88 Å². The first kappa shape index (κ1) is 23.1. The molecule has 1 N–H and O–H groups in total. The number of carbonyl (C=O) groups is 1. The van der Waals surface area contributed by atoms with Gasteiger partial charge in [-0.05, 0) is 78.8 Å². The van der Waals surface area contributed by atoms with E-state index in [9.17, 15) is 10.1 Å². The van der Waals surface area contributed by atoms with Gasteiger partial charge in [-0.1, -0.05) is 52.0 Å². The molecule has 4 nitrogen and oxygen atoms in total. The third-order valence-corrected chi connectivity index (χ3v) is 5.75. The molecule has 164 valence electrons. The molecular weight excluding hydrogens is 394 g/mol. The van der Waals surface area contributed by atoms with Gasteiger partial charge in [0.15, 0.2) is 0 Å². The van der Waals surface area contributed by atoms with Gasteiger partial charge in [0.25, 0.3) is 5.91 Å². The van der Waals surface area contributed by atoms with Crippen molar-refractivity contribution in [2.75, 3.05) is 5.32 Å². The summed E-state index contributed by atoms with van der Waals surface area (Å²) in [6.45, 7) is 12.7. The zero-order valence-electron chi connectivity index (χ0n) is 19.8. The molecular formula is C28H31N3O. The lowest BCUT2D eigenvalue weighted by Gasteiger charge is -2.20. The molecule has 0 spiro atoms. The lowest BCUT2D eigenvalue weighted by Crippen LogP contribution is -2.13. The van der Waals surface area contributed by atoms with Crippen molar-refractivity contribution in [2.45, 2.75) is 53.4 Å². The Morgan fingerprint density at radius 3 is 2.22 bits per heavy atom. The number of carbonyl (C=O) groups excluding carboxylic acids is 1. The van der Waals surface area contributed by atoms with Crippen LogP contribution >= 0.6 is 0 Å². The SMILES string of the molecule is CCc1ccc(NC(=O)/C(C#N)=C\c2cc(C)n(-c3ccc(C(C)(C)C)cc3)c2C)cc1. The number of nitrogens with one attached hydrogen (secondary N) is 1. The van der Waals surface area contributed by atoms with E-state index in [0.717, 1.165) is 29.1 Å². The predicted octanol–water partition coefficient (Wildman–Crippen LogP) is 6.50. The van der Waals surface area contributed by atoms with Gasteiger partial charge in [-0.15, -0.1) is 0 Å². The molecule has 1 aromatic heterocycles. The van der Waals surface area contributed by atoms with Gasteiger partial charge in [0.05, 0.1) is 0 Å². The highest BCUT2D eigenvalue weighted by atomic mass is 16.1. The number of aromatic nitrogens is 1. The Hall–Kier alpha value is -3.58. The van der Waals surface area contributed by atoms with Gasteiger partial charge in [0.2, 0.25) is 0 Å². The first-order chi connectivity index (χ1) is 15.1. The fourth-order valence-corrected chi connectivity index (χ4v) is 3.77. The standard InChI is InChI=1S/C28H31N3O/c1-7-21-8-12-25(13-9-21)30-27(32)23(18-29)17-22-16-19(2)31(20(22)3)26-14-10-24(11-15-26)28(4,5)6/h8-17H,7H2,1-6H3,(H,30,32)/b23-17-. The van der Waals surface area contributed by atoms with Crippen molar-refractivity contribution in [2.24, 2.45) is 0 Å². The number of nitriles is 1. The van der Waals surface area contributed by atoms with Crippen molar-refractivity contribution < 1.29 is 4.79 Å². The fraction of sp³-hybridized carbons (Fsp3) is 0.286. The summed E-state index contributed by atoms with van der Waals surface area (Å²) in [7, 11) is 0. The molecule has 0 radical (unpaired) electrons. The van der Waals surface area contributed by atoms with E-state index >= 15 is 0 Å². The van der Waals surface area contributed by atoms with Gasteiger partial charge >= 0.3 is 0 Å². The van der Waals surface area contributed by atoms with Gasteiger partial charge in [-0.25, -0.2) is 0 Å². The van der Waals surface area contributed by atoms with E-state index in [4.69, 9.17) is 0 Å². The molecule has 0 saturated carbocycles. The summed E-state index contributed by atoms with van der Waals surface area (Å²) in [6, 6.07) is 20.3. The van der Waals surface area contributed by atoms with Crippen LogP contribution in [0, 0.1) is 25.2 Å². The Labute approximate surface area is 191 Å². The van der Waals surface area contributed by atoms with Crippen molar-refractivity contribution in [1.82, 2.24) is 4.57 Å². The number of amides is 1. The summed E-state index contributed by atoms with van der Waals surface area (Å²) >= 11 is 0. The first-order valence-corrected chi connectivity index (χ1v) is 11.0. The number of benzene rings is 2. The van der Waals surface area contributed by atoms with E-state index in [0.29, 0.717) is 5.69 Å². The maximum atomic E-state index is 12.7. The molecule has 2 aromatic carbocycles. The van der Waals surface area contributed by atoms with Crippen molar-refractivity contribution in [3.05, 3.63) is 88.2 Å². The molecule has 0 bridgehead atoms. The molecule has 1 amide bonds. The molecule has 0 fully saturated rings. The average molecular weight is 426 g/mol. The van der Waals surface area contributed by atoms with Crippen LogP contribution in [0.25, 0.3) is 11.8 Å². The van der Waals surface area contributed by atoms with E-state index in [1.807, 2.05) is 44.2 Å². The maximum absolute atomic E-state index is 12.7. The largest absolute Gasteiger partial charge is 0.321 e. The van der Waals surface area contributed by atoms with Crippen LogP contribution in [0.15, 0.2) is 60.2 Å². The fourth-order valence-electron chi connectivity index (χ4n) is 3.77. The Bertz CT molecular complexity index is 1180. The topological polar surface area (TPSA) is 57.8 Å². The second-order valence-electron chi connectivity index (χ2n) is 9.13. The molecule has 0 atom stereocenters. The Morgan fingerprint density at radius 1 is 1.06 bits per heavy atom. The second kappa shape index (κ2) is 9.28. The van der Waals surface area contributed by atoms with E-state index in [2.05, 4.69) is 67.9 Å². The molecule has 4 heteroatoms. The molecule has 0 aliphatic rings. The third kappa shape index (κ3) is 5.00. The molecule has 3 aromatic rings. The van der Waals surface area contributed by atoms with Crippen LogP contribution in [0.1, 0.15) is 55.8 Å². The summed E-state index contributed by atoms with van der Waals surface area (Å²) in [6.07, 6.45) is 2.60. The quantitative estimate of drug-likeness (QED) is 0.375. The maximum Gasteiger partial charge on any atom is 0.266 e. The van der Waals surface area contributed by atoms with Crippen LogP contribution in [0.4, 0.5) is 5.69 Å². The smallest absolute Gasteiger partial charge is 0.266 e. The summed E-state index contributed by atoms with van der Waals surface area (Å²) in [5.41, 5.74) is 7.28.